The lowest BCUT2D eigenvalue weighted by Crippen LogP contribution is -2.39. The fraction of sp³-hybridized carbons (Fsp3) is 0.406. The van der Waals surface area contributed by atoms with Crippen molar-refractivity contribution in [3.63, 3.8) is 0 Å². The number of benzene rings is 3. The molecule has 3 aromatic rings. The van der Waals surface area contributed by atoms with E-state index < -0.39 is 10.0 Å². The molecular formula is C32H41N3O5S. The van der Waals surface area contributed by atoms with Crippen LogP contribution in [0.15, 0.2) is 71.6 Å². The van der Waals surface area contributed by atoms with Crippen molar-refractivity contribution in [2.75, 3.05) is 45.3 Å². The molecule has 0 atom stereocenters. The van der Waals surface area contributed by atoms with Crippen LogP contribution in [-0.2, 0) is 34.3 Å². The first kappa shape index (κ1) is 30.6. The van der Waals surface area contributed by atoms with Crippen LogP contribution in [0.2, 0.25) is 0 Å². The van der Waals surface area contributed by atoms with Gasteiger partial charge in [0, 0.05) is 57.4 Å². The Morgan fingerprint density at radius 2 is 1.63 bits per heavy atom. The standard InChI is InChI=1S/C32H41N3O5S/c1-5-10-26-15-17-29(18-16-26)41(37,38)34-19-9-20-35(25(2)36)30-13-7-6-11-27(30)23-33(21-22-34)24-28-12-8-14-31(39-3)32(28)40-4/h6-8,11-18H,5,9-10,19-24H2,1-4H3. The Morgan fingerprint density at radius 3 is 2.32 bits per heavy atom. The minimum atomic E-state index is -3.74. The second kappa shape index (κ2) is 14.0. The Labute approximate surface area is 244 Å². The number of hydrogen-bond donors (Lipinski definition) is 0. The molecule has 1 aliphatic heterocycles. The van der Waals surface area contributed by atoms with Crippen molar-refractivity contribution in [3.8, 4) is 11.5 Å². The number of para-hydroxylation sites is 2. The molecule has 8 nitrogen and oxygen atoms in total. The summed E-state index contributed by atoms with van der Waals surface area (Å²) in [6.45, 7) is 6.23. The lowest BCUT2D eigenvalue weighted by Gasteiger charge is -2.28. The molecule has 1 heterocycles. The minimum Gasteiger partial charge on any atom is -0.493 e. The van der Waals surface area contributed by atoms with Gasteiger partial charge in [0.05, 0.1) is 19.1 Å². The van der Waals surface area contributed by atoms with E-state index >= 15 is 0 Å². The molecule has 9 heteroatoms. The first-order valence-electron chi connectivity index (χ1n) is 14.2. The van der Waals surface area contributed by atoms with Gasteiger partial charge in [0.1, 0.15) is 0 Å². The van der Waals surface area contributed by atoms with Crippen molar-refractivity contribution >= 4 is 21.6 Å². The van der Waals surface area contributed by atoms with Crippen molar-refractivity contribution in [2.45, 2.75) is 51.1 Å². The van der Waals surface area contributed by atoms with Gasteiger partial charge in [-0.3, -0.25) is 9.69 Å². The summed E-state index contributed by atoms with van der Waals surface area (Å²) in [5, 5.41) is 0. The van der Waals surface area contributed by atoms with Crippen LogP contribution in [0, 0.1) is 0 Å². The number of anilines is 1. The predicted molar refractivity (Wildman–Crippen MR) is 162 cm³/mol. The summed E-state index contributed by atoms with van der Waals surface area (Å²) in [4.78, 5) is 17.0. The zero-order valence-corrected chi connectivity index (χ0v) is 25.3. The third kappa shape index (κ3) is 7.28. The van der Waals surface area contributed by atoms with Gasteiger partial charge in [0.2, 0.25) is 15.9 Å². The van der Waals surface area contributed by atoms with Crippen LogP contribution in [0.1, 0.15) is 43.4 Å². The zero-order valence-electron chi connectivity index (χ0n) is 24.5. The molecule has 0 radical (unpaired) electrons. The number of sulfonamides is 1. The smallest absolute Gasteiger partial charge is 0.243 e. The van der Waals surface area contributed by atoms with E-state index in [0.29, 0.717) is 62.1 Å². The maximum absolute atomic E-state index is 13.9. The second-order valence-corrected chi connectivity index (χ2v) is 12.3. The van der Waals surface area contributed by atoms with Gasteiger partial charge in [0.15, 0.2) is 11.5 Å². The number of amides is 1. The molecule has 1 amide bonds. The highest BCUT2D eigenvalue weighted by Crippen LogP contribution is 2.33. The molecule has 41 heavy (non-hydrogen) atoms. The van der Waals surface area contributed by atoms with Crippen molar-refractivity contribution in [1.29, 1.82) is 0 Å². The van der Waals surface area contributed by atoms with Crippen molar-refractivity contribution < 1.29 is 22.7 Å². The predicted octanol–water partition coefficient (Wildman–Crippen LogP) is 5.11. The zero-order chi connectivity index (χ0) is 29.4. The molecule has 0 bridgehead atoms. The Morgan fingerprint density at radius 1 is 0.878 bits per heavy atom. The summed E-state index contributed by atoms with van der Waals surface area (Å²) in [6, 6.07) is 20.9. The lowest BCUT2D eigenvalue weighted by molar-refractivity contribution is -0.116. The summed E-state index contributed by atoms with van der Waals surface area (Å²) in [5.74, 6) is 1.22. The maximum Gasteiger partial charge on any atom is 0.243 e. The summed E-state index contributed by atoms with van der Waals surface area (Å²) >= 11 is 0. The highest BCUT2D eigenvalue weighted by molar-refractivity contribution is 7.89. The Bertz CT molecular complexity index is 1430. The summed E-state index contributed by atoms with van der Waals surface area (Å²) in [5.41, 5.74) is 3.92. The van der Waals surface area contributed by atoms with Crippen LogP contribution in [0.4, 0.5) is 5.69 Å². The van der Waals surface area contributed by atoms with E-state index in [4.69, 9.17) is 9.47 Å². The molecule has 3 aromatic carbocycles. The highest BCUT2D eigenvalue weighted by atomic mass is 32.2. The van der Waals surface area contributed by atoms with Crippen LogP contribution in [-0.4, -0.2) is 63.9 Å². The fourth-order valence-electron chi connectivity index (χ4n) is 5.41. The summed E-state index contributed by atoms with van der Waals surface area (Å²) < 4.78 is 40.5. The van der Waals surface area contributed by atoms with Gasteiger partial charge in [-0.25, -0.2) is 8.42 Å². The van der Waals surface area contributed by atoms with Crippen LogP contribution < -0.4 is 14.4 Å². The summed E-state index contributed by atoms with van der Waals surface area (Å²) in [7, 11) is -0.510. The van der Waals surface area contributed by atoms with Gasteiger partial charge in [-0.1, -0.05) is 55.8 Å². The first-order valence-corrected chi connectivity index (χ1v) is 15.6. The number of ether oxygens (including phenoxy) is 2. The Hall–Kier alpha value is -3.40. The van der Waals surface area contributed by atoms with E-state index in [2.05, 4.69) is 11.8 Å². The molecular weight excluding hydrogens is 538 g/mol. The third-order valence-corrected chi connectivity index (χ3v) is 9.40. The molecule has 0 spiro atoms. The number of nitrogens with zero attached hydrogens (tertiary/aromatic N) is 3. The van der Waals surface area contributed by atoms with E-state index in [0.717, 1.165) is 35.2 Å². The lowest BCUT2D eigenvalue weighted by atomic mass is 10.1. The number of carbonyl (C=O) groups is 1. The van der Waals surface area contributed by atoms with Crippen molar-refractivity contribution in [2.24, 2.45) is 0 Å². The molecule has 0 aliphatic carbocycles. The summed E-state index contributed by atoms with van der Waals surface area (Å²) in [6.07, 6.45) is 2.43. The first-order chi connectivity index (χ1) is 19.8. The van der Waals surface area contributed by atoms with Crippen LogP contribution in [0.5, 0.6) is 11.5 Å². The molecule has 0 saturated carbocycles. The molecule has 0 N–H and O–H groups in total. The second-order valence-electron chi connectivity index (χ2n) is 10.3. The number of rotatable bonds is 8. The largest absolute Gasteiger partial charge is 0.493 e. The fourth-order valence-corrected chi connectivity index (χ4v) is 6.88. The van der Waals surface area contributed by atoms with Crippen molar-refractivity contribution in [3.05, 3.63) is 83.4 Å². The molecule has 0 aromatic heterocycles. The molecule has 1 aliphatic rings. The Balaban J connectivity index is 1.71. The van der Waals surface area contributed by atoms with Crippen LogP contribution in [0.3, 0.4) is 0 Å². The van der Waals surface area contributed by atoms with Gasteiger partial charge in [-0.2, -0.15) is 4.31 Å². The van der Waals surface area contributed by atoms with Crippen LogP contribution in [0.25, 0.3) is 0 Å². The number of hydrogen-bond acceptors (Lipinski definition) is 6. The third-order valence-electron chi connectivity index (χ3n) is 7.49. The van der Waals surface area contributed by atoms with Crippen LogP contribution >= 0.6 is 0 Å². The minimum absolute atomic E-state index is 0.0707. The Kier molecular flexibility index (Phi) is 10.4. The van der Waals surface area contributed by atoms with Gasteiger partial charge in [0.25, 0.3) is 0 Å². The average Bonchev–Trinajstić information content (AvgIpc) is 3.00. The van der Waals surface area contributed by atoms with E-state index in [1.54, 1.807) is 42.5 Å². The van der Waals surface area contributed by atoms with E-state index in [1.165, 1.54) is 0 Å². The van der Waals surface area contributed by atoms with E-state index in [1.807, 2.05) is 54.6 Å². The molecule has 0 fully saturated rings. The van der Waals surface area contributed by atoms with E-state index in [9.17, 15) is 13.2 Å². The van der Waals surface area contributed by atoms with Gasteiger partial charge in [-0.05, 0) is 48.2 Å². The monoisotopic (exact) mass is 579 g/mol. The van der Waals surface area contributed by atoms with E-state index in [-0.39, 0.29) is 5.91 Å². The molecule has 0 unspecified atom stereocenters. The number of carbonyl (C=O) groups excluding carboxylic acids is 1. The number of aryl methyl sites for hydroxylation is 1. The van der Waals surface area contributed by atoms with Gasteiger partial charge >= 0.3 is 0 Å². The maximum atomic E-state index is 13.9. The molecule has 4 rings (SSSR count). The highest BCUT2D eigenvalue weighted by Gasteiger charge is 2.27. The van der Waals surface area contributed by atoms with Gasteiger partial charge < -0.3 is 14.4 Å². The number of fused-ring (bicyclic) bond motifs is 1. The van der Waals surface area contributed by atoms with Gasteiger partial charge in [-0.15, -0.1) is 0 Å². The average molecular weight is 580 g/mol. The molecule has 0 saturated heterocycles. The van der Waals surface area contributed by atoms with Crippen molar-refractivity contribution in [1.82, 2.24) is 9.21 Å². The SMILES string of the molecule is CCCc1ccc(S(=O)(=O)N2CCCN(C(C)=O)c3ccccc3CN(Cc3cccc(OC)c3OC)CC2)cc1. The topological polar surface area (TPSA) is 79.4 Å². The normalized spacial score (nSPS) is 15.6. The molecule has 220 valence electrons. The number of methoxy groups -OCH3 is 2. The quantitative estimate of drug-likeness (QED) is 0.369.